The number of rotatable bonds is 8. The van der Waals surface area contributed by atoms with Crippen molar-refractivity contribution in [2.75, 3.05) is 30.9 Å². The Morgan fingerprint density at radius 1 is 1.12 bits per heavy atom. The van der Waals surface area contributed by atoms with E-state index in [1.807, 2.05) is 20.8 Å². The summed E-state index contributed by atoms with van der Waals surface area (Å²) in [5.41, 5.74) is -0.441. The van der Waals surface area contributed by atoms with Crippen LogP contribution in [0.3, 0.4) is 0 Å². The van der Waals surface area contributed by atoms with Gasteiger partial charge in [0.25, 0.3) is 0 Å². The fraction of sp³-hybridized carbons (Fsp3) is 0.909. The zero-order valence-corrected chi connectivity index (χ0v) is 12.4. The van der Waals surface area contributed by atoms with Crippen LogP contribution in [0.1, 0.15) is 27.2 Å². The normalized spacial score (nSPS) is 11.5. The lowest BCUT2D eigenvalue weighted by atomic mass is 10.2. The minimum absolute atomic E-state index is 0.0174. The summed E-state index contributed by atoms with van der Waals surface area (Å²) in [5.74, 6) is -0.319. The van der Waals surface area contributed by atoms with Gasteiger partial charge >= 0.3 is 5.97 Å². The van der Waals surface area contributed by atoms with E-state index in [0.29, 0.717) is 13.2 Å². The number of ether oxygens (including phenoxy) is 3. The molecule has 0 bridgehead atoms. The van der Waals surface area contributed by atoms with Crippen LogP contribution in [0.25, 0.3) is 0 Å². The van der Waals surface area contributed by atoms with Gasteiger partial charge in [-0.05, 0) is 27.2 Å². The van der Waals surface area contributed by atoms with Gasteiger partial charge in [0.15, 0.2) is 0 Å². The molecule has 5 heteroatoms. The molecule has 0 spiro atoms. The highest BCUT2D eigenvalue weighted by Crippen LogP contribution is 2.06. The van der Waals surface area contributed by atoms with Crippen molar-refractivity contribution in [1.82, 2.24) is 0 Å². The van der Waals surface area contributed by atoms with Gasteiger partial charge in [-0.2, -0.15) is 0 Å². The molecule has 0 unspecified atom stereocenters. The van der Waals surface area contributed by atoms with Crippen LogP contribution in [0.15, 0.2) is 0 Å². The lowest BCUT2D eigenvalue weighted by molar-refractivity contribution is -0.160. The largest absolute Gasteiger partial charge is 0.458 e. The Morgan fingerprint density at radius 3 is 2.31 bits per heavy atom. The van der Waals surface area contributed by atoms with Crippen molar-refractivity contribution in [3.8, 4) is 0 Å². The molecule has 0 saturated carbocycles. The summed E-state index contributed by atoms with van der Waals surface area (Å²) >= 11 is 2.26. The number of carbonyl (C=O) groups excluding carboxylic acids is 1. The summed E-state index contributed by atoms with van der Waals surface area (Å²) in [7, 11) is 0. The molecule has 0 aromatic carbocycles. The average molecular weight is 344 g/mol. The number of carbonyl (C=O) groups is 1. The monoisotopic (exact) mass is 344 g/mol. The zero-order chi connectivity index (χ0) is 12.4. The van der Waals surface area contributed by atoms with Crippen LogP contribution < -0.4 is 0 Å². The van der Waals surface area contributed by atoms with Gasteiger partial charge in [-0.3, -0.25) is 0 Å². The predicted octanol–water partition coefficient (Wildman–Crippen LogP) is 2.19. The van der Waals surface area contributed by atoms with Crippen molar-refractivity contribution in [2.45, 2.75) is 32.8 Å². The molecular weight excluding hydrogens is 323 g/mol. The first-order chi connectivity index (χ1) is 7.45. The summed E-state index contributed by atoms with van der Waals surface area (Å²) in [6.07, 6.45) is 0.805. The van der Waals surface area contributed by atoms with Crippen LogP contribution in [-0.2, 0) is 19.0 Å². The maximum atomic E-state index is 11.2. The molecule has 0 aromatic heterocycles. The summed E-state index contributed by atoms with van der Waals surface area (Å²) < 4.78 is 16.5. The number of esters is 1. The summed E-state index contributed by atoms with van der Waals surface area (Å²) in [6, 6.07) is 0. The molecule has 0 saturated heterocycles. The van der Waals surface area contributed by atoms with Gasteiger partial charge in [0.1, 0.15) is 12.2 Å². The van der Waals surface area contributed by atoms with E-state index in [0.717, 1.165) is 17.5 Å². The standard InChI is InChI=1S/C11H21IO4/c1-11(2,3)16-10(13)9-15-7-4-6-14-8-5-12/h4-9H2,1-3H3. The highest BCUT2D eigenvalue weighted by molar-refractivity contribution is 14.1. The summed E-state index contributed by atoms with van der Waals surface area (Å²) in [5, 5.41) is 0. The highest BCUT2D eigenvalue weighted by atomic mass is 127. The Hall–Kier alpha value is 0.120. The third kappa shape index (κ3) is 12.2. The Balaban J connectivity index is 3.28. The third-order valence-electron chi connectivity index (χ3n) is 1.44. The first kappa shape index (κ1) is 16.1. The molecule has 0 amide bonds. The van der Waals surface area contributed by atoms with Crippen molar-refractivity contribution in [3.63, 3.8) is 0 Å². The minimum atomic E-state index is -0.441. The predicted molar refractivity (Wildman–Crippen MR) is 71.0 cm³/mol. The Kier molecular flexibility index (Phi) is 9.25. The zero-order valence-electron chi connectivity index (χ0n) is 10.3. The Bertz CT molecular complexity index is 189. The van der Waals surface area contributed by atoms with Crippen LogP contribution in [0.5, 0.6) is 0 Å². The minimum Gasteiger partial charge on any atom is -0.458 e. The molecule has 0 aliphatic rings. The topological polar surface area (TPSA) is 44.8 Å². The van der Waals surface area contributed by atoms with E-state index in [9.17, 15) is 4.79 Å². The lowest BCUT2D eigenvalue weighted by Crippen LogP contribution is -2.26. The van der Waals surface area contributed by atoms with E-state index in [1.165, 1.54) is 0 Å². The molecule has 0 aliphatic carbocycles. The van der Waals surface area contributed by atoms with Gasteiger partial charge in [0.2, 0.25) is 0 Å². The van der Waals surface area contributed by atoms with Crippen molar-refractivity contribution < 1.29 is 19.0 Å². The number of hydrogen-bond acceptors (Lipinski definition) is 4. The second-order valence-corrected chi connectivity index (χ2v) is 5.37. The number of halogens is 1. The molecular formula is C11H21IO4. The van der Waals surface area contributed by atoms with Crippen molar-refractivity contribution >= 4 is 28.6 Å². The molecule has 16 heavy (non-hydrogen) atoms. The summed E-state index contributed by atoms with van der Waals surface area (Å²) in [6.45, 7) is 7.50. The fourth-order valence-electron chi connectivity index (χ4n) is 0.946. The fourth-order valence-corrected chi connectivity index (χ4v) is 1.26. The van der Waals surface area contributed by atoms with Gasteiger partial charge in [-0.15, -0.1) is 0 Å². The molecule has 0 atom stereocenters. The maximum absolute atomic E-state index is 11.2. The van der Waals surface area contributed by atoms with Crippen molar-refractivity contribution in [3.05, 3.63) is 0 Å². The number of hydrogen-bond donors (Lipinski definition) is 0. The molecule has 0 aromatic rings. The Morgan fingerprint density at radius 2 is 1.75 bits per heavy atom. The first-order valence-corrected chi connectivity index (χ1v) is 6.91. The SMILES string of the molecule is CC(C)(C)OC(=O)COCCCOCCI. The molecule has 0 fully saturated rings. The molecule has 96 valence electrons. The van der Waals surface area contributed by atoms with Crippen molar-refractivity contribution in [1.29, 1.82) is 0 Å². The maximum Gasteiger partial charge on any atom is 0.332 e. The molecule has 0 rings (SSSR count). The third-order valence-corrected chi connectivity index (χ3v) is 1.88. The van der Waals surface area contributed by atoms with Gasteiger partial charge in [0.05, 0.1) is 6.61 Å². The Labute approximate surface area is 111 Å². The van der Waals surface area contributed by atoms with E-state index >= 15 is 0 Å². The van der Waals surface area contributed by atoms with E-state index in [2.05, 4.69) is 22.6 Å². The smallest absolute Gasteiger partial charge is 0.332 e. The molecule has 0 heterocycles. The molecule has 4 nitrogen and oxygen atoms in total. The first-order valence-electron chi connectivity index (χ1n) is 5.39. The molecule has 0 aliphatic heterocycles. The second-order valence-electron chi connectivity index (χ2n) is 4.29. The quantitative estimate of drug-likeness (QED) is 0.293. The lowest BCUT2D eigenvalue weighted by Gasteiger charge is -2.19. The average Bonchev–Trinajstić information content (AvgIpc) is 2.13. The van der Waals surface area contributed by atoms with Crippen LogP contribution in [0.4, 0.5) is 0 Å². The summed E-state index contributed by atoms with van der Waals surface area (Å²) in [4.78, 5) is 11.2. The molecule has 0 N–H and O–H groups in total. The van der Waals surface area contributed by atoms with Crippen LogP contribution >= 0.6 is 22.6 Å². The van der Waals surface area contributed by atoms with Crippen molar-refractivity contribution in [2.24, 2.45) is 0 Å². The van der Waals surface area contributed by atoms with Gasteiger partial charge in [0, 0.05) is 17.6 Å². The van der Waals surface area contributed by atoms with E-state index in [4.69, 9.17) is 14.2 Å². The second kappa shape index (κ2) is 9.18. The van der Waals surface area contributed by atoms with E-state index in [1.54, 1.807) is 0 Å². The molecule has 0 radical (unpaired) electrons. The van der Waals surface area contributed by atoms with Gasteiger partial charge in [-0.1, -0.05) is 22.6 Å². The van der Waals surface area contributed by atoms with Gasteiger partial charge < -0.3 is 14.2 Å². The van der Waals surface area contributed by atoms with E-state index < -0.39 is 5.60 Å². The number of alkyl halides is 1. The highest BCUT2D eigenvalue weighted by Gasteiger charge is 2.15. The van der Waals surface area contributed by atoms with Crippen LogP contribution in [0.2, 0.25) is 0 Å². The van der Waals surface area contributed by atoms with Crippen LogP contribution in [-0.4, -0.2) is 42.4 Å². The van der Waals surface area contributed by atoms with E-state index in [-0.39, 0.29) is 12.6 Å². The van der Waals surface area contributed by atoms with Crippen LogP contribution in [0, 0.1) is 0 Å². The van der Waals surface area contributed by atoms with Gasteiger partial charge in [-0.25, -0.2) is 4.79 Å².